The highest BCUT2D eigenvalue weighted by atomic mass is 16.6. The van der Waals surface area contributed by atoms with Crippen molar-refractivity contribution in [3.05, 3.63) is 58.6 Å². The van der Waals surface area contributed by atoms with Gasteiger partial charge in [-0.05, 0) is 30.7 Å². The minimum Gasteiger partial charge on any atom is -0.508 e. The van der Waals surface area contributed by atoms with Gasteiger partial charge < -0.3 is 15.7 Å². The minimum absolute atomic E-state index is 0.0426. The van der Waals surface area contributed by atoms with Crippen LogP contribution in [0.5, 0.6) is 5.75 Å². The van der Waals surface area contributed by atoms with E-state index in [1.807, 2.05) is 0 Å². The van der Waals surface area contributed by atoms with Gasteiger partial charge in [-0.15, -0.1) is 0 Å². The largest absolute Gasteiger partial charge is 0.508 e. The summed E-state index contributed by atoms with van der Waals surface area (Å²) in [5.74, 6) is -0.0382. The predicted molar refractivity (Wildman–Crippen MR) is 87.6 cm³/mol. The summed E-state index contributed by atoms with van der Waals surface area (Å²) in [5.41, 5.74) is 1.36. The van der Waals surface area contributed by atoms with E-state index in [-0.39, 0.29) is 17.3 Å². The zero-order chi connectivity index (χ0) is 16.7. The number of rotatable bonds is 7. The first-order chi connectivity index (χ1) is 11.0. The summed E-state index contributed by atoms with van der Waals surface area (Å²) in [4.78, 5) is 21.9. The number of anilines is 2. The Morgan fingerprint density at radius 2 is 1.87 bits per heavy atom. The molecule has 1 amide bonds. The van der Waals surface area contributed by atoms with E-state index in [1.54, 1.807) is 24.3 Å². The average Bonchev–Trinajstić information content (AvgIpc) is 2.52. The second-order valence-corrected chi connectivity index (χ2v) is 4.93. The third kappa shape index (κ3) is 5.31. The molecular weight excluding hydrogens is 298 g/mol. The molecule has 0 aromatic heterocycles. The van der Waals surface area contributed by atoms with E-state index in [1.165, 1.54) is 24.3 Å². The van der Waals surface area contributed by atoms with Crippen LogP contribution in [0.15, 0.2) is 48.5 Å². The number of carbonyl (C=O) groups excluding carboxylic acids is 1. The van der Waals surface area contributed by atoms with E-state index in [0.29, 0.717) is 25.1 Å². The molecule has 0 atom stereocenters. The summed E-state index contributed by atoms with van der Waals surface area (Å²) in [6.45, 7) is 0.575. The number of phenols is 1. The van der Waals surface area contributed by atoms with E-state index < -0.39 is 4.92 Å². The van der Waals surface area contributed by atoms with Gasteiger partial charge in [-0.2, -0.15) is 0 Å². The van der Waals surface area contributed by atoms with Gasteiger partial charge in [-0.3, -0.25) is 14.9 Å². The molecule has 0 aliphatic rings. The molecule has 23 heavy (non-hydrogen) atoms. The molecule has 7 nitrogen and oxygen atoms in total. The van der Waals surface area contributed by atoms with Crippen LogP contribution < -0.4 is 10.6 Å². The summed E-state index contributed by atoms with van der Waals surface area (Å²) in [6, 6.07) is 12.5. The molecule has 0 heterocycles. The first-order valence-corrected chi connectivity index (χ1v) is 7.12. The van der Waals surface area contributed by atoms with Crippen molar-refractivity contribution in [2.75, 3.05) is 17.2 Å². The molecule has 2 rings (SSSR count). The number of nitro groups is 1. The highest BCUT2D eigenvalue weighted by Gasteiger charge is 2.05. The van der Waals surface area contributed by atoms with Gasteiger partial charge >= 0.3 is 0 Å². The molecule has 3 N–H and O–H groups in total. The van der Waals surface area contributed by atoms with Crippen LogP contribution in [-0.2, 0) is 4.79 Å². The highest BCUT2D eigenvalue weighted by Crippen LogP contribution is 2.16. The molecule has 2 aromatic carbocycles. The second kappa shape index (κ2) is 7.79. The summed E-state index contributed by atoms with van der Waals surface area (Å²) in [7, 11) is 0. The second-order valence-electron chi connectivity index (χ2n) is 4.93. The monoisotopic (exact) mass is 315 g/mol. The van der Waals surface area contributed by atoms with Crippen LogP contribution in [0.3, 0.4) is 0 Å². The van der Waals surface area contributed by atoms with Gasteiger partial charge in [0.25, 0.3) is 5.69 Å². The third-order valence-corrected chi connectivity index (χ3v) is 3.12. The van der Waals surface area contributed by atoms with Crippen molar-refractivity contribution in [2.45, 2.75) is 12.8 Å². The fourth-order valence-electron chi connectivity index (χ4n) is 1.99. The quantitative estimate of drug-likeness (QED) is 0.413. The zero-order valence-electron chi connectivity index (χ0n) is 12.4. The van der Waals surface area contributed by atoms with Crippen LogP contribution >= 0.6 is 0 Å². The van der Waals surface area contributed by atoms with Crippen molar-refractivity contribution in [3.8, 4) is 5.75 Å². The lowest BCUT2D eigenvalue weighted by atomic mass is 10.2. The lowest BCUT2D eigenvalue weighted by Crippen LogP contribution is -2.13. The number of hydrogen-bond acceptors (Lipinski definition) is 5. The maximum Gasteiger partial charge on any atom is 0.269 e. The number of non-ortho nitro benzene ring substituents is 1. The Morgan fingerprint density at radius 1 is 1.13 bits per heavy atom. The van der Waals surface area contributed by atoms with Crippen molar-refractivity contribution >= 4 is 23.0 Å². The number of aromatic hydroxyl groups is 1. The molecular formula is C16H17N3O4. The van der Waals surface area contributed by atoms with E-state index in [4.69, 9.17) is 0 Å². The van der Waals surface area contributed by atoms with Crippen LogP contribution in [0.2, 0.25) is 0 Å². The molecule has 0 saturated heterocycles. The van der Waals surface area contributed by atoms with Crippen LogP contribution in [0.1, 0.15) is 12.8 Å². The van der Waals surface area contributed by atoms with Crippen molar-refractivity contribution in [1.82, 2.24) is 0 Å². The smallest absolute Gasteiger partial charge is 0.269 e. The van der Waals surface area contributed by atoms with Gasteiger partial charge in [0.1, 0.15) is 5.75 Å². The fraction of sp³-hybridized carbons (Fsp3) is 0.188. The number of hydrogen-bond donors (Lipinski definition) is 3. The number of nitrogens with one attached hydrogen (secondary N) is 2. The van der Waals surface area contributed by atoms with Gasteiger partial charge in [-0.25, -0.2) is 0 Å². The van der Waals surface area contributed by atoms with Gasteiger partial charge in [0.15, 0.2) is 0 Å². The van der Waals surface area contributed by atoms with Gasteiger partial charge in [0.2, 0.25) is 5.91 Å². The molecule has 0 radical (unpaired) electrons. The van der Waals surface area contributed by atoms with Crippen LogP contribution in [-0.4, -0.2) is 22.5 Å². The van der Waals surface area contributed by atoms with Gasteiger partial charge in [-0.1, -0.05) is 6.07 Å². The molecule has 0 aliphatic carbocycles. The van der Waals surface area contributed by atoms with Crippen molar-refractivity contribution in [3.63, 3.8) is 0 Å². The van der Waals surface area contributed by atoms with Gasteiger partial charge in [0, 0.05) is 42.5 Å². The van der Waals surface area contributed by atoms with Gasteiger partial charge in [0.05, 0.1) is 4.92 Å². The Balaban J connectivity index is 1.70. The number of nitrogens with zero attached hydrogens (tertiary/aromatic N) is 1. The van der Waals surface area contributed by atoms with Crippen LogP contribution in [0.4, 0.5) is 17.1 Å². The molecule has 7 heteroatoms. The topological polar surface area (TPSA) is 104 Å². The first kappa shape index (κ1) is 16.3. The average molecular weight is 315 g/mol. The maximum absolute atomic E-state index is 11.8. The molecule has 0 spiro atoms. The Morgan fingerprint density at radius 3 is 2.52 bits per heavy atom. The Hall–Kier alpha value is -3.09. The SMILES string of the molecule is O=C(CCCNc1ccc([N+](=O)[O-])cc1)Nc1cccc(O)c1. The molecule has 0 saturated carbocycles. The molecule has 2 aromatic rings. The first-order valence-electron chi connectivity index (χ1n) is 7.12. The molecule has 0 bridgehead atoms. The zero-order valence-corrected chi connectivity index (χ0v) is 12.4. The summed E-state index contributed by atoms with van der Waals surface area (Å²) in [6.07, 6.45) is 0.942. The van der Waals surface area contributed by atoms with E-state index >= 15 is 0 Å². The highest BCUT2D eigenvalue weighted by molar-refractivity contribution is 5.90. The number of nitro benzene ring substituents is 1. The number of phenolic OH excluding ortho intramolecular Hbond substituents is 1. The minimum atomic E-state index is -0.449. The van der Waals surface area contributed by atoms with Crippen LogP contribution in [0.25, 0.3) is 0 Å². The predicted octanol–water partition coefficient (Wildman–Crippen LogP) is 3.13. The number of benzene rings is 2. The molecule has 0 fully saturated rings. The molecule has 120 valence electrons. The fourth-order valence-corrected chi connectivity index (χ4v) is 1.99. The van der Waals surface area contributed by atoms with Crippen molar-refractivity contribution in [2.24, 2.45) is 0 Å². The molecule has 0 unspecified atom stereocenters. The standard InChI is InChI=1S/C16H17N3O4/c20-15-4-1-3-13(11-15)18-16(21)5-2-10-17-12-6-8-14(9-7-12)19(22)23/h1,3-4,6-9,11,17,20H,2,5,10H2,(H,18,21). The Labute approximate surface area is 133 Å². The van der Waals surface area contributed by atoms with E-state index in [2.05, 4.69) is 10.6 Å². The maximum atomic E-state index is 11.8. The lowest BCUT2D eigenvalue weighted by Gasteiger charge is -2.07. The van der Waals surface area contributed by atoms with Crippen molar-refractivity contribution in [1.29, 1.82) is 0 Å². The van der Waals surface area contributed by atoms with E-state index in [9.17, 15) is 20.0 Å². The van der Waals surface area contributed by atoms with Crippen molar-refractivity contribution < 1.29 is 14.8 Å². The lowest BCUT2D eigenvalue weighted by molar-refractivity contribution is -0.384. The molecule has 0 aliphatic heterocycles. The third-order valence-electron chi connectivity index (χ3n) is 3.12. The normalized spacial score (nSPS) is 10.1. The summed E-state index contributed by atoms with van der Waals surface area (Å²) < 4.78 is 0. The number of amides is 1. The summed E-state index contributed by atoms with van der Waals surface area (Å²) >= 11 is 0. The Kier molecular flexibility index (Phi) is 5.51. The van der Waals surface area contributed by atoms with E-state index in [0.717, 1.165) is 5.69 Å². The summed E-state index contributed by atoms with van der Waals surface area (Å²) in [5, 5.41) is 25.7. The Bertz CT molecular complexity index is 686. The van der Waals surface area contributed by atoms with Crippen LogP contribution in [0, 0.1) is 10.1 Å². The number of carbonyl (C=O) groups is 1.